The van der Waals surface area contributed by atoms with E-state index in [9.17, 15) is 4.79 Å². The first-order valence-corrected chi connectivity index (χ1v) is 4.13. The van der Waals surface area contributed by atoms with E-state index in [1.54, 1.807) is 21.0 Å². The van der Waals surface area contributed by atoms with E-state index in [-0.39, 0.29) is 12.3 Å². The quantitative estimate of drug-likeness (QED) is 0.607. The molecule has 0 aliphatic rings. The number of carbonyl (C=O) groups excluding carboxylic acids is 1. The van der Waals surface area contributed by atoms with Gasteiger partial charge in [0.05, 0.1) is 6.61 Å². The summed E-state index contributed by atoms with van der Waals surface area (Å²) in [5.41, 5.74) is 0. The standard InChI is InChI=1S/C8H17NO3/c1-5-9(7(3)11-4)8(10)12-6-2/h7H,5-6H2,1-4H3. The van der Waals surface area contributed by atoms with E-state index in [0.29, 0.717) is 13.2 Å². The molecule has 0 radical (unpaired) electrons. The van der Waals surface area contributed by atoms with Gasteiger partial charge in [0.25, 0.3) is 0 Å². The molecule has 0 aromatic carbocycles. The molecule has 0 rings (SSSR count). The fraction of sp³-hybridized carbons (Fsp3) is 0.875. The maximum Gasteiger partial charge on any atom is 0.411 e. The van der Waals surface area contributed by atoms with Crippen LogP contribution in [0.2, 0.25) is 0 Å². The lowest BCUT2D eigenvalue weighted by atomic mass is 10.5. The summed E-state index contributed by atoms with van der Waals surface area (Å²) in [5, 5.41) is 0. The summed E-state index contributed by atoms with van der Waals surface area (Å²) in [7, 11) is 1.56. The van der Waals surface area contributed by atoms with Crippen LogP contribution < -0.4 is 0 Å². The number of hydrogen-bond donors (Lipinski definition) is 0. The molecule has 4 heteroatoms. The number of hydrogen-bond acceptors (Lipinski definition) is 3. The first kappa shape index (κ1) is 11.2. The lowest BCUT2D eigenvalue weighted by molar-refractivity contribution is -0.0146. The average Bonchev–Trinajstić information content (AvgIpc) is 2.06. The number of nitrogens with zero attached hydrogens (tertiary/aromatic N) is 1. The van der Waals surface area contributed by atoms with Crippen LogP contribution in [0.15, 0.2) is 0 Å². The fourth-order valence-corrected chi connectivity index (χ4v) is 0.868. The molecule has 0 aromatic rings. The van der Waals surface area contributed by atoms with Crippen molar-refractivity contribution in [3.63, 3.8) is 0 Å². The number of methoxy groups -OCH3 is 1. The van der Waals surface area contributed by atoms with Crippen LogP contribution in [-0.4, -0.2) is 37.5 Å². The van der Waals surface area contributed by atoms with Gasteiger partial charge < -0.3 is 9.47 Å². The van der Waals surface area contributed by atoms with Crippen LogP contribution in [0, 0.1) is 0 Å². The third kappa shape index (κ3) is 3.09. The van der Waals surface area contributed by atoms with Crippen LogP contribution in [0.5, 0.6) is 0 Å². The SMILES string of the molecule is CCOC(=O)N(CC)C(C)OC. The first-order chi connectivity index (χ1) is 5.67. The van der Waals surface area contributed by atoms with Crippen molar-refractivity contribution in [3.8, 4) is 0 Å². The largest absolute Gasteiger partial charge is 0.450 e. The Hall–Kier alpha value is -0.770. The molecule has 1 atom stereocenters. The van der Waals surface area contributed by atoms with Crippen molar-refractivity contribution in [1.82, 2.24) is 4.90 Å². The molecule has 0 aliphatic heterocycles. The Morgan fingerprint density at radius 2 is 2.08 bits per heavy atom. The topological polar surface area (TPSA) is 38.8 Å². The minimum atomic E-state index is -0.325. The number of ether oxygens (including phenoxy) is 2. The molecule has 0 aromatic heterocycles. The van der Waals surface area contributed by atoms with Gasteiger partial charge in [-0.1, -0.05) is 0 Å². The lowest BCUT2D eigenvalue weighted by Crippen LogP contribution is -2.39. The van der Waals surface area contributed by atoms with Crippen LogP contribution in [0.1, 0.15) is 20.8 Å². The van der Waals surface area contributed by atoms with Crippen molar-refractivity contribution in [1.29, 1.82) is 0 Å². The molecule has 0 saturated carbocycles. The minimum Gasteiger partial charge on any atom is -0.450 e. The van der Waals surface area contributed by atoms with Gasteiger partial charge in [-0.25, -0.2) is 4.79 Å². The van der Waals surface area contributed by atoms with E-state index in [2.05, 4.69) is 0 Å². The van der Waals surface area contributed by atoms with E-state index >= 15 is 0 Å². The molecule has 1 unspecified atom stereocenters. The van der Waals surface area contributed by atoms with E-state index in [4.69, 9.17) is 9.47 Å². The van der Waals surface area contributed by atoms with Crippen molar-refractivity contribution < 1.29 is 14.3 Å². The van der Waals surface area contributed by atoms with Crippen LogP contribution >= 0.6 is 0 Å². The third-order valence-corrected chi connectivity index (χ3v) is 1.62. The van der Waals surface area contributed by atoms with Gasteiger partial charge in [0.15, 0.2) is 0 Å². The second-order valence-electron chi connectivity index (χ2n) is 2.32. The summed E-state index contributed by atoms with van der Waals surface area (Å²) in [6.45, 7) is 6.45. The van der Waals surface area contributed by atoms with Gasteiger partial charge in [-0.15, -0.1) is 0 Å². The van der Waals surface area contributed by atoms with Gasteiger partial charge in [-0.3, -0.25) is 4.90 Å². The van der Waals surface area contributed by atoms with Crippen LogP contribution in [-0.2, 0) is 9.47 Å². The molecule has 0 fully saturated rings. The number of rotatable bonds is 4. The van der Waals surface area contributed by atoms with Crippen molar-refractivity contribution in [3.05, 3.63) is 0 Å². The van der Waals surface area contributed by atoms with Gasteiger partial charge in [0.1, 0.15) is 6.23 Å². The van der Waals surface area contributed by atoms with E-state index in [1.165, 1.54) is 4.90 Å². The lowest BCUT2D eigenvalue weighted by Gasteiger charge is -2.25. The van der Waals surface area contributed by atoms with Crippen molar-refractivity contribution in [2.75, 3.05) is 20.3 Å². The fourth-order valence-electron chi connectivity index (χ4n) is 0.868. The Bertz CT molecular complexity index is 138. The monoisotopic (exact) mass is 175 g/mol. The highest BCUT2D eigenvalue weighted by Crippen LogP contribution is 2.01. The zero-order valence-corrected chi connectivity index (χ0v) is 8.16. The molecule has 0 saturated heterocycles. The third-order valence-electron chi connectivity index (χ3n) is 1.62. The molecule has 0 heterocycles. The maximum atomic E-state index is 11.2. The van der Waals surface area contributed by atoms with Crippen molar-refractivity contribution in [2.45, 2.75) is 27.0 Å². The van der Waals surface area contributed by atoms with E-state index in [1.807, 2.05) is 6.92 Å². The summed E-state index contributed by atoms with van der Waals surface area (Å²) in [6, 6.07) is 0. The molecule has 0 spiro atoms. The Labute approximate surface area is 73.4 Å². The summed E-state index contributed by atoms with van der Waals surface area (Å²) >= 11 is 0. The van der Waals surface area contributed by atoms with Gasteiger partial charge in [-0.05, 0) is 20.8 Å². The zero-order valence-electron chi connectivity index (χ0n) is 8.16. The highest BCUT2D eigenvalue weighted by atomic mass is 16.6. The summed E-state index contributed by atoms with van der Waals surface area (Å²) < 4.78 is 9.82. The highest BCUT2D eigenvalue weighted by molar-refractivity contribution is 5.67. The Morgan fingerprint density at radius 1 is 1.50 bits per heavy atom. The molecule has 0 bridgehead atoms. The van der Waals surface area contributed by atoms with Crippen molar-refractivity contribution in [2.24, 2.45) is 0 Å². The number of amides is 1. The molecule has 4 nitrogen and oxygen atoms in total. The van der Waals surface area contributed by atoms with Crippen molar-refractivity contribution >= 4 is 6.09 Å². The molecule has 12 heavy (non-hydrogen) atoms. The molecular weight excluding hydrogens is 158 g/mol. The van der Waals surface area contributed by atoms with Gasteiger partial charge >= 0.3 is 6.09 Å². The van der Waals surface area contributed by atoms with Gasteiger partial charge in [0, 0.05) is 13.7 Å². The normalized spacial score (nSPS) is 12.3. The molecular formula is C8H17NO3. The Balaban J connectivity index is 4.04. The second-order valence-corrected chi connectivity index (χ2v) is 2.32. The van der Waals surface area contributed by atoms with Gasteiger partial charge in [-0.2, -0.15) is 0 Å². The predicted molar refractivity (Wildman–Crippen MR) is 45.9 cm³/mol. The van der Waals surface area contributed by atoms with Crippen LogP contribution in [0.4, 0.5) is 4.79 Å². The maximum absolute atomic E-state index is 11.2. The van der Waals surface area contributed by atoms with Crippen LogP contribution in [0.25, 0.3) is 0 Å². The number of carbonyl (C=O) groups is 1. The van der Waals surface area contributed by atoms with Gasteiger partial charge in [0.2, 0.25) is 0 Å². The molecule has 1 amide bonds. The smallest absolute Gasteiger partial charge is 0.411 e. The summed E-state index contributed by atoms with van der Waals surface area (Å²) in [4.78, 5) is 12.7. The molecule has 72 valence electrons. The Kier molecular flexibility index (Phi) is 5.45. The second kappa shape index (κ2) is 5.83. The summed E-state index contributed by atoms with van der Waals surface area (Å²) in [6.07, 6.45) is -0.552. The minimum absolute atomic E-state index is 0.228. The van der Waals surface area contributed by atoms with E-state index < -0.39 is 0 Å². The molecule has 0 aliphatic carbocycles. The van der Waals surface area contributed by atoms with E-state index in [0.717, 1.165) is 0 Å². The summed E-state index contributed by atoms with van der Waals surface area (Å²) in [5.74, 6) is 0. The highest BCUT2D eigenvalue weighted by Gasteiger charge is 2.18. The first-order valence-electron chi connectivity index (χ1n) is 4.13. The Morgan fingerprint density at radius 3 is 2.42 bits per heavy atom. The molecule has 0 N–H and O–H groups in total. The predicted octanol–water partition coefficient (Wildman–Crippen LogP) is 1.46. The zero-order chi connectivity index (χ0) is 9.56. The van der Waals surface area contributed by atoms with Crippen LogP contribution in [0.3, 0.4) is 0 Å². The average molecular weight is 175 g/mol.